The lowest BCUT2D eigenvalue weighted by Crippen LogP contribution is -1.91. The maximum atomic E-state index is 5.41. The van der Waals surface area contributed by atoms with Crippen LogP contribution < -0.4 is 5.14 Å². The highest BCUT2D eigenvalue weighted by Gasteiger charge is 1.99. The fourth-order valence-electron chi connectivity index (χ4n) is 1.09. The minimum absolute atomic E-state index is 0.589. The summed E-state index contributed by atoms with van der Waals surface area (Å²) in [5, 5.41) is 6.07. The van der Waals surface area contributed by atoms with Crippen LogP contribution in [-0.4, -0.2) is 9.97 Å². The average molecular weight is 209 g/mol. The third kappa shape index (κ3) is 1.58. The molecule has 1 aromatic carbocycles. The Morgan fingerprint density at radius 3 is 2.92 bits per heavy atom. The summed E-state index contributed by atoms with van der Waals surface area (Å²) in [6.45, 7) is 0. The van der Waals surface area contributed by atoms with Crippen LogP contribution in [0.1, 0.15) is 0 Å². The zero-order valence-electron chi connectivity index (χ0n) is 6.65. The average Bonchev–Trinajstić information content (AvgIpc) is 2.17. The van der Waals surface area contributed by atoms with Crippen molar-refractivity contribution in [1.29, 1.82) is 0 Å². The lowest BCUT2D eigenvalue weighted by atomic mass is 10.3. The Kier molecular flexibility index (Phi) is 2.30. The van der Waals surface area contributed by atoms with Gasteiger partial charge in [-0.05, 0) is 24.1 Å². The van der Waals surface area contributed by atoms with Crippen molar-refractivity contribution in [3.05, 3.63) is 28.9 Å². The molecule has 13 heavy (non-hydrogen) atoms. The number of hydrogen-bond acceptors (Lipinski definition) is 4. The molecular weight excluding hydrogens is 202 g/mol. The molecular formula is C8H7N3S2. The van der Waals surface area contributed by atoms with Gasteiger partial charge in [0.25, 0.3) is 0 Å². The van der Waals surface area contributed by atoms with Crippen molar-refractivity contribution in [2.75, 3.05) is 0 Å². The first-order chi connectivity index (χ1) is 6.31. The maximum absolute atomic E-state index is 5.41. The molecule has 2 aromatic rings. The molecule has 3 nitrogen and oxygen atoms in total. The van der Waals surface area contributed by atoms with Crippen LogP contribution in [0.5, 0.6) is 0 Å². The van der Waals surface area contributed by atoms with Gasteiger partial charge in [-0.2, -0.15) is 0 Å². The van der Waals surface area contributed by atoms with Gasteiger partial charge >= 0.3 is 0 Å². The number of nitrogens with zero attached hydrogens (tertiary/aromatic N) is 1. The van der Waals surface area contributed by atoms with E-state index in [-0.39, 0.29) is 0 Å². The quantitative estimate of drug-likeness (QED) is 0.558. The van der Waals surface area contributed by atoms with Crippen LogP contribution in [0.3, 0.4) is 0 Å². The van der Waals surface area contributed by atoms with E-state index in [0.29, 0.717) is 9.67 Å². The lowest BCUT2D eigenvalue weighted by Gasteiger charge is -1.99. The van der Waals surface area contributed by atoms with Gasteiger partial charge in [0.2, 0.25) is 0 Å². The predicted octanol–water partition coefficient (Wildman–Crippen LogP) is 2.26. The molecule has 0 amide bonds. The topological polar surface area (TPSA) is 54.7 Å². The molecule has 5 heteroatoms. The second-order valence-corrected chi connectivity index (χ2v) is 3.54. The van der Waals surface area contributed by atoms with Crippen LogP contribution in [-0.2, 0) is 0 Å². The number of nitrogens with two attached hydrogens (primary N) is 1. The number of nitrogens with one attached hydrogen (secondary N) is 1. The summed E-state index contributed by atoms with van der Waals surface area (Å²) in [6.07, 6.45) is 0. The summed E-state index contributed by atoms with van der Waals surface area (Å²) in [7, 11) is 0. The standard InChI is InChI=1S/C8H7N3S2/c9-13-8-7(12)10-5-3-1-2-4-6(5)11-8/h1-4H,9H2,(H,10,12). The first kappa shape index (κ1) is 8.68. The van der Waals surface area contributed by atoms with Crippen LogP contribution in [0.2, 0.25) is 0 Å². The van der Waals surface area contributed by atoms with Crippen LogP contribution in [0.4, 0.5) is 0 Å². The third-order valence-corrected chi connectivity index (χ3v) is 2.62. The first-order valence-corrected chi connectivity index (χ1v) is 4.96. The fourth-order valence-corrected chi connectivity index (χ4v) is 1.70. The number of aromatic nitrogens is 2. The summed E-state index contributed by atoms with van der Waals surface area (Å²) in [4.78, 5) is 7.36. The highest BCUT2D eigenvalue weighted by Crippen LogP contribution is 2.14. The normalized spacial score (nSPS) is 10.5. The van der Waals surface area contributed by atoms with Gasteiger partial charge in [0, 0.05) is 0 Å². The zero-order chi connectivity index (χ0) is 9.26. The van der Waals surface area contributed by atoms with E-state index < -0.39 is 0 Å². The van der Waals surface area contributed by atoms with E-state index in [1.54, 1.807) is 0 Å². The predicted molar refractivity (Wildman–Crippen MR) is 57.0 cm³/mol. The third-order valence-electron chi connectivity index (χ3n) is 1.68. The van der Waals surface area contributed by atoms with Crippen molar-refractivity contribution >= 4 is 35.2 Å². The molecule has 0 spiro atoms. The molecule has 0 aliphatic rings. The van der Waals surface area contributed by atoms with Crippen LogP contribution >= 0.6 is 24.2 Å². The highest BCUT2D eigenvalue weighted by atomic mass is 32.2. The van der Waals surface area contributed by atoms with Crippen molar-refractivity contribution in [2.45, 2.75) is 5.03 Å². The molecule has 3 N–H and O–H groups in total. The van der Waals surface area contributed by atoms with Gasteiger partial charge in [0.15, 0.2) is 0 Å². The molecule has 2 rings (SSSR count). The molecule has 66 valence electrons. The van der Waals surface area contributed by atoms with Crippen LogP contribution in [0.25, 0.3) is 11.0 Å². The van der Waals surface area contributed by atoms with E-state index in [4.69, 9.17) is 17.4 Å². The van der Waals surface area contributed by atoms with E-state index >= 15 is 0 Å². The first-order valence-electron chi connectivity index (χ1n) is 3.67. The highest BCUT2D eigenvalue weighted by molar-refractivity contribution is 7.97. The molecule has 0 saturated heterocycles. The van der Waals surface area contributed by atoms with E-state index in [2.05, 4.69) is 9.97 Å². The molecule has 1 aromatic heterocycles. The maximum Gasteiger partial charge on any atom is 0.146 e. The van der Waals surface area contributed by atoms with E-state index in [9.17, 15) is 0 Å². The van der Waals surface area contributed by atoms with Crippen molar-refractivity contribution in [3.8, 4) is 0 Å². The molecule has 0 saturated carbocycles. The van der Waals surface area contributed by atoms with Crippen molar-refractivity contribution < 1.29 is 0 Å². The van der Waals surface area contributed by atoms with Crippen LogP contribution in [0.15, 0.2) is 29.3 Å². The van der Waals surface area contributed by atoms with E-state index in [1.807, 2.05) is 24.3 Å². The minimum Gasteiger partial charge on any atom is -0.343 e. The molecule has 0 atom stereocenters. The van der Waals surface area contributed by atoms with Gasteiger partial charge in [-0.3, -0.25) is 5.14 Å². The molecule has 0 aliphatic heterocycles. The fraction of sp³-hybridized carbons (Fsp3) is 0. The summed E-state index contributed by atoms with van der Waals surface area (Å²) in [5.74, 6) is 0. The van der Waals surface area contributed by atoms with E-state index in [0.717, 1.165) is 23.0 Å². The van der Waals surface area contributed by atoms with Gasteiger partial charge in [-0.25, -0.2) is 4.98 Å². The largest absolute Gasteiger partial charge is 0.343 e. The van der Waals surface area contributed by atoms with Gasteiger partial charge in [0.05, 0.1) is 11.0 Å². The summed E-state index contributed by atoms with van der Waals surface area (Å²) in [5.41, 5.74) is 1.81. The molecule has 1 heterocycles. The van der Waals surface area contributed by atoms with Crippen molar-refractivity contribution in [3.63, 3.8) is 0 Å². The Morgan fingerprint density at radius 1 is 1.38 bits per heavy atom. The van der Waals surface area contributed by atoms with Crippen molar-refractivity contribution in [2.24, 2.45) is 5.14 Å². The van der Waals surface area contributed by atoms with Gasteiger partial charge in [0.1, 0.15) is 9.67 Å². The molecule has 0 unspecified atom stereocenters. The second-order valence-electron chi connectivity index (χ2n) is 2.51. The molecule has 0 bridgehead atoms. The summed E-state index contributed by atoms with van der Waals surface area (Å²) >= 11 is 6.12. The van der Waals surface area contributed by atoms with Gasteiger partial charge in [-0.1, -0.05) is 24.4 Å². The number of hydrogen-bond donors (Lipinski definition) is 2. The molecule has 0 radical (unpaired) electrons. The SMILES string of the molecule is NSc1nc2ccccc2[nH]c1=S. The molecule has 0 fully saturated rings. The number of aromatic amines is 1. The van der Waals surface area contributed by atoms with Gasteiger partial charge < -0.3 is 4.98 Å². The van der Waals surface area contributed by atoms with Crippen LogP contribution in [0, 0.1) is 4.64 Å². The monoisotopic (exact) mass is 209 g/mol. The Bertz CT molecular complexity index is 492. The number of benzene rings is 1. The number of fused-ring (bicyclic) bond motifs is 1. The summed E-state index contributed by atoms with van der Waals surface area (Å²) in [6, 6.07) is 7.71. The zero-order valence-corrected chi connectivity index (χ0v) is 8.28. The van der Waals surface area contributed by atoms with E-state index in [1.165, 1.54) is 0 Å². The lowest BCUT2D eigenvalue weighted by molar-refractivity contribution is 1.10. The minimum atomic E-state index is 0.589. The molecule has 0 aliphatic carbocycles. The van der Waals surface area contributed by atoms with Gasteiger partial charge in [-0.15, -0.1) is 0 Å². The Balaban J connectivity index is 2.81. The summed E-state index contributed by atoms with van der Waals surface area (Å²) < 4.78 is 0.589. The number of H-pyrrole nitrogens is 1. The van der Waals surface area contributed by atoms with Crippen molar-refractivity contribution in [1.82, 2.24) is 9.97 Å². The smallest absolute Gasteiger partial charge is 0.146 e. The Morgan fingerprint density at radius 2 is 2.15 bits per heavy atom. The number of rotatable bonds is 1. The Labute approximate surface area is 84.5 Å². The number of para-hydroxylation sites is 2. The Hall–Kier alpha value is -0.910. The second kappa shape index (κ2) is 3.45.